The molecule has 0 bridgehead atoms. The first-order valence-corrected chi connectivity index (χ1v) is 16.2. The molecule has 4 heteroatoms. The summed E-state index contributed by atoms with van der Waals surface area (Å²) < 4.78 is 2.43. The van der Waals surface area contributed by atoms with Crippen molar-refractivity contribution in [3.63, 3.8) is 0 Å². The molecule has 0 atom stereocenters. The van der Waals surface area contributed by atoms with Gasteiger partial charge in [0.05, 0.1) is 11.0 Å². The monoisotopic (exact) mass is 582 g/mol. The van der Waals surface area contributed by atoms with Gasteiger partial charge in [-0.05, 0) is 76.5 Å². The number of fused-ring (bicyclic) bond motifs is 7. The van der Waals surface area contributed by atoms with Crippen LogP contribution in [0.5, 0.6) is 0 Å². The van der Waals surface area contributed by atoms with Gasteiger partial charge in [0, 0.05) is 43.3 Å². The average molecular weight is 583 g/mol. The van der Waals surface area contributed by atoms with Crippen LogP contribution in [0.4, 0.5) is 17.1 Å². The number of rotatable bonds is 2. The van der Waals surface area contributed by atoms with E-state index in [1.54, 1.807) is 0 Å². The van der Waals surface area contributed by atoms with Crippen molar-refractivity contribution in [1.29, 1.82) is 0 Å². The highest BCUT2D eigenvalue weighted by molar-refractivity contribution is 8.00. The molecule has 9 rings (SSSR count). The number of hydrogen-bond acceptors (Lipinski definition) is 2. The molecule has 0 unspecified atom stereocenters. The SMILES string of the molecule is CC(C)(C)c1cc2c3c(c1)N(c1ccccc1)c1ccccc1B3c1cc3c4ccccc4n(-c4ccccc4)c3cc1S2. The van der Waals surface area contributed by atoms with E-state index in [0.717, 1.165) is 0 Å². The van der Waals surface area contributed by atoms with Gasteiger partial charge in [0.2, 0.25) is 6.71 Å². The van der Waals surface area contributed by atoms with E-state index >= 15 is 0 Å². The normalized spacial score (nSPS) is 13.6. The van der Waals surface area contributed by atoms with Crippen molar-refractivity contribution in [2.75, 3.05) is 4.90 Å². The van der Waals surface area contributed by atoms with E-state index in [9.17, 15) is 0 Å². The van der Waals surface area contributed by atoms with E-state index in [2.05, 4.69) is 164 Å². The van der Waals surface area contributed by atoms with Crippen molar-refractivity contribution in [1.82, 2.24) is 4.57 Å². The standard InChI is InChI=1S/C40H31BN2S/c1-40(2,3)26-22-36-39-38(23-26)44-37-25-35-30(29-18-10-12-20-33(29)42(35)27-14-6-4-7-15-27)24-32(37)41(39)31-19-11-13-21-34(31)43(36)28-16-8-5-9-17-28/h4-25H,1-3H3. The van der Waals surface area contributed by atoms with Crippen LogP contribution in [0.1, 0.15) is 26.3 Å². The molecule has 0 amide bonds. The Morgan fingerprint density at radius 1 is 0.545 bits per heavy atom. The molecule has 0 saturated carbocycles. The van der Waals surface area contributed by atoms with Crippen molar-refractivity contribution in [2.24, 2.45) is 0 Å². The average Bonchev–Trinajstić information content (AvgIpc) is 3.37. The molecule has 210 valence electrons. The Balaban J connectivity index is 1.37. The summed E-state index contributed by atoms with van der Waals surface area (Å²) in [6.45, 7) is 7.13. The third-order valence-electron chi connectivity index (χ3n) is 9.37. The van der Waals surface area contributed by atoms with Crippen LogP contribution in [0.15, 0.2) is 143 Å². The highest BCUT2D eigenvalue weighted by Crippen LogP contribution is 2.45. The molecule has 6 aromatic carbocycles. The maximum absolute atomic E-state index is 2.50. The van der Waals surface area contributed by atoms with E-state index in [-0.39, 0.29) is 12.1 Å². The second-order valence-corrected chi connectivity index (χ2v) is 14.1. The summed E-state index contributed by atoms with van der Waals surface area (Å²) in [5.74, 6) is 0. The molecule has 2 aliphatic heterocycles. The zero-order chi connectivity index (χ0) is 29.6. The van der Waals surface area contributed by atoms with Crippen molar-refractivity contribution in [2.45, 2.75) is 36.0 Å². The number of benzene rings is 6. The molecule has 2 aliphatic rings. The molecule has 0 radical (unpaired) electrons. The lowest BCUT2D eigenvalue weighted by atomic mass is 9.34. The maximum Gasteiger partial charge on any atom is 0.249 e. The molecule has 0 fully saturated rings. The first kappa shape index (κ1) is 25.8. The fraction of sp³-hybridized carbons (Fsp3) is 0.100. The quantitative estimate of drug-likeness (QED) is 0.188. The minimum absolute atomic E-state index is 0.0187. The Kier molecular flexibility index (Phi) is 5.52. The Bertz CT molecular complexity index is 2250. The number of nitrogens with zero attached hydrogens (tertiary/aromatic N) is 2. The molecular formula is C40H31BN2S. The van der Waals surface area contributed by atoms with Crippen molar-refractivity contribution >= 4 is 73.7 Å². The van der Waals surface area contributed by atoms with Crippen molar-refractivity contribution < 1.29 is 0 Å². The van der Waals surface area contributed by atoms with Gasteiger partial charge in [-0.2, -0.15) is 0 Å². The van der Waals surface area contributed by atoms with Gasteiger partial charge in [-0.15, -0.1) is 0 Å². The molecule has 0 aliphatic carbocycles. The Labute approximate surface area is 263 Å². The number of anilines is 3. The van der Waals surface area contributed by atoms with E-state index in [1.807, 2.05) is 11.8 Å². The molecule has 3 heterocycles. The zero-order valence-corrected chi connectivity index (χ0v) is 25.9. The second kappa shape index (κ2) is 9.42. The molecular weight excluding hydrogens is 551 g/mol. The van der Waals surface area contributed by atoms with Crippen LogP contribution in [0.3, 0.4) is 0 Å². The summed E-state index contributed by atoms with van der Waals surface area (Å²) in [4.78, 5) is 5.20. The molecule has 0 spiro atoms. The summed E-state index contributed by atoms with van der Waals surface area (Å²) in [5.41, 5.74) is 13.0. The van der Waals surface area contributed by atoms with Crippen LogP contribution in [0, 0.1) is 0 Å². The Morgan fingerprint density at radius 3 is 2.00 bits per heavy atom. The Morgan fingerprint density at radius 2 is 1.23 bits per heavy atom. The van der Waals surface area contributed by atoms with Gasteiger partial charge in [0.1, 0.15) is 0 Å². The topological polar surface area (TPSA) is 8.17 Å². The maximum atomic E-state index is 2.50. The highest BCUT2D eigenvalue weighted by atomic mass is 32.2. The second-order valence-electron chi connectivity index (χ2n) is 13.0. The van der Waals surface area contributed by atoms with Crippen LogP contribution < -0.4 is 21.3 Å². The van der Waals surface area contributed by atoms with Gasteiger partial charge in [0.25, 0.3) is 0 Å². The van der Waals surface area contributed by atoms with Crippen molar-refractivity contribution in [3.05, 3.63) is 139 Å². The van der Waals surface area contributed by atoms with Crippen LogP contribution >= 0.6 is 11.8 Å². The summed E-state index contributed by atoms with van der Waals surface area (Å²) in [6, 6.07) is 49.4. The minimum atomic E-state index is 0.0187. The summed E-state index contributed by atoms with van der Waals surface area (Å²) >= 11 is 1.94. The fourth-order valence-electron chi connectivity index (χ4n) is 7.30. The highest BCUT2D eigenvalue weighted by Gasteiger charge is 2.42. The van der Waals surface area contributed by atoms with Crippen LogP contribution in [-0.4, -0.2) is 11.3 Å². The first-order valence-electron chi connectivity index (χ1n) is 15.4. The summed E-state index contributed by atoms with van der Waals surface area (Å²) in [6.07, 6.45) is 0. The third-order valence-corrected chi connectivity index (χ3v) is 10.5. The van der Waals surface area contributed by atoms with Crippen LogP contribution in [0.2, 0.25) is 0 Å². The molecule has 44 heavy (non-hydrogen) atoms. The molecule has 2 nitrogen and oxygen atoms in total. The third kappa shape index (κ3) is 3.71. The van der Waals surface area contributed by atoms with E-state index in [4.69, 9.17) is 0 Å². The van der Waals surface area contributed by atoms with E-state index in [0.29, 0.717) is 0 Å². The van der Waals surface area contributed by atoms with Gasteiger partial charge in [-0.1, -0.05) is 117 Å². The van der Waals surface area contributed by atoms with Gasteiger partial charge >= 0.3 is 0 Å². The lowest BCUT2D eigenvalue weighted by Gasteiger charge is -2.41. The zero-order valence-electron chi connectivity index (χ0n) is 25.1. The molecule has 1 aromatic heterocycles. The number of hydrogen-bond donors (Lipinski definition) is 0. The molecule has 0 saturated heterocycles. The van der Waals surface area contributed by atoms with Crippen LogP contribution in [-0.2, 0) is 5.41 Å². The predicted octanol–water partition coefficient (Wildman–Crippen LogP) is 8.85. The lowest BCUT2D eigenvalue weighted by Crippen LogP contribution is -2.59. The lowest BCUT2D eigenvalue weighted by molar-refractivity contribution is 0.589. The summed E-state index contributed by atoms with van der Waals surface area (Å²) in [7, 11) is 0. The van der Waals surface area contributed by atoms with E-state index in [1.165, 1.54) is 76.3 Å². The smallest absolute Gasteiger partial charge is 0.249 e. The van der Waals surface area contributed by atoms with E-state index < -0.39 is 0 Å². The predicted molar refractivity (Wildman–Crippen MR) is 189 cm³/mol. The minimum Gasteiger partial charge on any atom is -0.311 e. The van der Waals surface area contributed by atoms with Gasteiger partial charge in [0.15, 0.2) is 0 Å². The summed E-state index contributed by atoms with van der Waals surface area (Å²) in [5, 5.41) is 2.60. The van der Waals surface area contributed by atoms with Crippen molar-refractivity contribution in [3.8, 4) is 5.69 Å². The number of para-hydroxylation sites is 4. The Hall–Kier alpha value is -4.67. The fourth-order valence-corrected chi connectivity index (χ4v) is 8.52. The molecule has 7 aromatic rings. The van der Waals surface area contributed by atoms with Gasteiger partial charge < -0.3 is 9.47 Å². The first-order chi connectivity index (χ1) is 21.5. The van der Waals surface area contributed by atoms with Crippen LogP contribution in [0.25, 0.3) is 27.5 Å². The largest absolute Gasteiger partial charge is 0.311 e. The van der Waals surface area contributed by atoms with Gasteiger partial charge in [-0.25, -0.2) is 0 Å². The number of aromatic nitrogens is 1. The van der Waals surface area contributed by atoms with Gasteiger partial charge in [-0.3, -0.25) is 0 Å². The molecule has 0 N–H and O–H groups in total.